The van der Waals surface area contributed by atoms with Gasteiger partial charge in [-0.2, -0.15) is 4.99 Å². The molecule has 206 valence electrons. The maximum atomic E-state index is 12.3. The Morgan fingerprint density at radius 1 is 1.13 bits per heavy atom. The first-order valence-electron chi connectivity index (χ1n) is 12.6. The number of carbonyl (C=O) groups is 3. The lowest BCUT2D eigenvalue weighted by Crippen LogP contribution is -2.41. The Hall–Kier alpha value is -4.28. The highest BCUT2D eigenvalue weighted by Crippen LogP contribution is 2.30. The normalized spacial score (nSPS) is 18.5. The Morgan fingerprint density at radius 2 is 1.79 bits per heavy atom. The summed E-state index contributed by atoms with van der Waals surface area (Å²) in [6, 6.07) is 15.4. The second-order valence-corrected chi connectivity index (χ2v) is 9.99. The lowest BCUT2D eigenvalue weighted by Gasteiger charge is -2.31. The molecule has 0 spiro atoms. The zero-order valence-corrected chi connectivity index (χ0v) is 22.9. The topological polar surface area (TPSA) is 146 Å². The van der Waals surface area contributed by atoms with Crippen LogP contribution in [0.1, 0.15) is 41.4 Å². The number of likely N-dealkylation sites (N-methyl/N-ethyl adjacent to an activating group) is 2. The molecular formula is C29H37N7O3. The van der Waals surface area contributed by atoms with Crippen molar-refractivity contribution in [1.82, 2.24) is 15.1 Å². The van der Waals surface area contributed by atoms with E-state index in [-0.39, 0.29) is 18.3 Å². The molecule has 2 aliphatic heterocycles. The highest BCUT2D eigenvalue weighted by Gasteiger charge is 2.38. The minimum atomic E-state index is -0.689. The summed E-state index contributed by atoms with van der Waals surface area (Å²) in [5, 5.41) is 5.93. The number of carbonyl (C=O) groups excluding carboxylic acids is 3. The molecule has 10 heteroatoms. The molecule has 2 aliphatic rings. The average Bonchev–Trinajstić information content (AvgIpc) is 3.16. The Labute approximate surface area is 229 Å². The summed E-state index contributed by atoms with van der Waals surface area (Å²) >= 11 is 0. The fourth-order valence-corrected chi connectivity index (χ4v) is 4.53. The molecule has 39 heavy (non-hydrogen) atoms. The van der Waals surface area contributed by atoms with Crippen LogP contribution >= 0.6 is 0 Å². The van der Waals surface area contributed by atoms with Gasteiger partial charge >= 0.3 is 0 Å². The van der Waals surface area contributed by atoms with Gasteiger partial charge in [0, 0.05) is 41.7 Å². The molecule has 0 saturated heterocycles. The van der Waals surface area contributed by atoms with Crippen LogP contribution < -0.4 is 22.1 Å². The molecule has 6 N–H and O–H groups in total. The van der Waals surface area contributed by atoms with E-state index in [0.717, 1.165) is 19.2 Å². The number of benzene rings is 2. The molecule has 0 bridgehead atoms. The molecule has 3 amide bonds. The van der Waals surface area contributed by atoms with Crippen LogP contribution in [-0.2, 0) is 16.1 Å². The van der Waals surface area contributed by atoms with Crippen LogP contribution in [0.3, 0.4) is 0 Å². The van der Waals surface area contributed by atoms with Gasteiger partial charge < -0.3 is 31.9 Å². The summed E-state index contributed by atoms with van der Waals surface area (Å²) < 4.78 is 0. The number of nitrogens with one attached hydrogen (secondary N) is 2. The van der Waals surface area contributed by atoms with Crippen LogP contribution in [0.25, 0.3) is 0 Å². The molecular weight excluding hydrogens is 494 g/mol. The second-order valence-electron chi connectivity index (χ2n) is 9.99. The van der Waals surface area contributed by atoms with Crippen LogP contribution in [-0.4, -0.2) is 66.6 Å². The van der Waals surface area contributed by atoms with Crippen LogP contribution in [0.4, 0.5) is 5.69 Å². The van der Waals surface area contributed by atoms with Crippen molar-refractivity contribution in [2.45, 2.75) is 32.0 Å². The van der Waals surface area contributed by atoms with Crippen molar-refractivity contribution >= 4 is 29.7 Å². The van der Waals surface area contributed by atoms with Gasteiger partial charge in [-0.3, -0.25) is 14.4 Å². The summed E-state index contributed by atoms with van der Waals surface area (Å²) in [6.45, 7) is 9.31. The lowest BCUT2D eigenvalue weighted by atomic mass is 9.96. The molecule has 0 aliphatic carbocycles. The van der Waals surface area contributed by atoms with Crippen molar-refractivity contribution in [2.24, 2.45) is 16.5 Å². The Balaban J connectivity index is 0.000000268. The van der Waals surface area contributed by atoms with Gasteiger partial charge in [0.15, 0.2) is 0 Å². The standard InChI is InChI=1S/C18H21N5O3.C11H16N2/c1-4-14(25)21-12-7-5-11(6-8-12)17(26)22-16(20)13-9-23(10-24)18(2,3)15(13)19;1-12-11-8-13(2)7-9-5-3-4-6-10(9)11/h4-8,10H,1,9,19H2,2-3H3,(H,21,25)(H2,20,22,26);3-6,11-12H,7-8H2,1-2H3. The summed E-state index contributed by atoms with van der Waals surface area (Å²) in [6.07, 6.45) is 1.83. The number of aliphatic imine (C=N–C) groups is 1. The molecule has 0 saturated carbocycles. The van der Waals surface area contributed by atoms with Crippen LogP contribution in [0.2, 0.25) is 0 Å². The smallest absolute Gasteiger partial charge is 0.278 e. The van der Waals surface area contributed by atoms with Crippen LogP contribution in [0, 0.1) is 0 Å². The largest absolute Gasteiger partial charge is 0.400 e. The summed E-state index contributed by atoms with van der Waals surface area (Å²) in [7, 11) is 4.20. The molecule has 1 atom stereocenters. The number of nitrogens with two attached hydrogens (primary N) is 2. The second kappa shape index (κ2) is 12.5. The van der Waals surface area contributed by atoms with Crippen molar-refractivity contribution in [3.05, 3.63) is 89.1 Å². The zero-order chi connectivity index (χ0) is 28.7. The summed E-state index contributed by atoms with van der Waals surface area (Å²) in [4.78, 5) is 42.5. The maximum Gasteiger partial charge on any atom is 0.278 e. The number of fused-ring (bicyclic) bond motifs is 1. The first kappa shape index (κ1) is 29.3. The van der Waals surface area contributed by atoms with Gasteiger partial charge in [0.25, 0.3) is 5.91 Å². The highest BCUT2D eigenvalue weighted by atomic mass is 16.2. The van der Waals surface area contributed by atoms with Gasteiger partial charge in [-0.25, -0.2) is 0 Å². The van der Waals surface area contributed by atoms with Crippen LogP contribution in [0.5, 0.6) is 0 Å². The van der Waals surface area contributed by atoms with E-state index in [1.54, 1.807) is 26.0 Å². The Kier molecular flexibility index (Phi) is 9.39. The third kappa shape index (κ3) is 6.78. The van der Waals surface area contributed by atoms with E-state index >= 15 is 0 Å². The maximum absolute atomic E-state index is 12.3. The molecule has 0 fully saturated rings. The fraction of sp³-hybridized carbons (Fsp3) is 0.310. The van der Waals surface area contributed by atoms with E-state index in [4.69, 9.17) is 11.5 Å². The fourth-order valence-electron chi connectivity index (χ4n) is 4.53. The van der Waals surface area contributed by atoms with E-state index < -0.39 is 11.4 Å². The third-order valence-corrected chi connectivity index (χ3v) is 6.99. The molecule has 10 nitrogen and oxygen atoms in total. The third-order valence-electron chi connectivity index (χ3n) is 6.99. The van der Waals surface area contributed by atoms with E-state index in [1.165, 1.54) is 28.2 Å². The van der Waals surface area contributed by atoms with Gasteiger partial charge in [0.1, 0.15) is 5.84 Å². The minimum absolute atomic E-state index is 0.0195. The molecule has 4 rings (SSSR count). The molecule has 0 aromatic heterocycles. The van der Waals surface area contributed by atoms with Crippen molar-refractivity contribution in [2.75, 3.05) is 32.5 Å². The Bertz CT molecular complexity index is 1300. The minimum Gasteiger partial charge on any atom is -0.400 e. The molecule has 2 aromatic rings. The Morgan fingerprint density at radius 3 is 2.38 bits per heavy atom. The lowest BCUT2D eigenvalue weighted by molar-refractivity contribution is -0.120. The summed E-state index contributed by atoms with van der Waals surface area (Å²) in [5.74, 6) is -0.918. The quantitative estimate of drug-likeness (QED) is 0.193. The first-order chi connectivity index (χ1) is 18.5. The zero-order valence-electron chi connectivity index (χ0n) is 22.9. The predicted octanol–water partition coefficient (Wildman–Crippen LogP) is 2.16. The number of anilines is 1. The molecule has 2 heterocycles. The van der Waals surface area contributed by atoms with Gasteiger partial charge in [0.05, 0.1) is 12.1 Å². The van der Waals surface area contributed by atoms with E-state index in [9.17, 15) is 14.4 Å². The van der Waals surface area contributed by atoms with Gasteiger partial charge in [-0.05, 0) is 69.4 Å². The number of hydrogen-bond donors (Lipinski definition) is 4. The number of nitrogens with zero attached hydrogens (tertiary/aromatic N) is 3. The molecule has 0 radical (unpaired) electrons. The van der Waals surface area contributed by atoms with E-state index in [1.807, 2.05) is 7.05 Å². The average molecular weight is 532 g/mol. The van der Waals surface area contributed by atoms with Gasteiger partial charge in [-0.1, -0.05) is 30.8 Å². The van der Waals surface area contributed by atoms with E-state index in [2.05, 4.69) is 58.4 Å². The number of rotatable bonds is 6. The molecule has 1 unspecified atom stereocenters. The van der Waals surface area contributed by atoms with Crippen molar-refractivity contribution in [3.8, 4) is 0 Å². The van der Waals surface area contributed by atoms with Crippen LogP contribution in [0.15, 0.2) is 77.4 Å². The number of amides is 3. The van der Waals surface area contributed by atoms with Gasteiger partial charge in [-0.15, -0.1) is 0 Å². The summed E-state index contributed by atoms with van der Waals surface area (Å²) in [5.41, 5.74) is 15.9. The first-order valence-corrected chi connectivity index (χ1v) is 12.6. The van der Waals surface area contributed by atoms with Crippen molar-refractivity contribution in [1.29, 1.82) is 0 Å². The predicted molar refractivity (Wildman–Crippen MR) is 154 cm³/mol. The van der Waals surface area contributed by atoms with Gasteiger partial charge in [0.2, 0.25) is 12.3 Å². The number of hydrogen-bond acceptors (Lipinski definition) is 6. The number of amidine groups is 1. The molecule has 2 aromatic carbocycles. The SMILES string of the molecule is C=CC(=O)Nc1ccc(C(=O)N=C(N)C2=C(N)C(C)(C)N(C=O)C2)cc1.CNC1CN(C)Cc2ccccc21. The van der Waals surface area contributed by atoms with Crippen molar-refractivity contribution in [3.63, 3.8) is 0 Å². The highest BCUT2D eigenvalue weighted by molar-refractivity contribution is 6.09. The van der Waals surface area contributed by atoms with Crippen molar-refractivity contribution < 1.29 is 14.4 Å². The van der Waals surface area contributed by atoms with E-state index in [0.29, 0.717) is 35.0 Å². The monoisotopic (exact) mass is 531 g/mol.